The van der Waals surface area contributed by atoms with E-state index in [9.17, 15) is 9.59 Å². The van der Waals surface area contributed by atoms with Crippen LogP contribution < -0.4 is 11.1 Å². The Balaban J connectivity index is 1.37. The number of benzene rings is 2. The molecule has 7 heteroatoms. The van der Waals surface area contributed by atoms with E-state index in [0.717, 1.165) is 36.2 Å². The van der Waals surface area contributed by atoms with Gasteiger partial charge in [-0.1, -0.05) is 24.3 Å². The topological polar surface area (TPSA) is 107 Å². The van der Waals surface area contributed by atoms with Gasteiger partial charge in [-0.2, -0.15) is 0 Å². The lowest BCUT2D eigenvalue weighted by atomic mass is 9.82. The highest BCUT2D eigenvalue weighted by Crippen LogP contribution is 2.30. The van der Waals surface area contributed by atoms with Crippen molar-refractivity contribution >= 4 is 23.4 Å². The molecule has 0 bridgehead atoms. The van der Waals surface area contributed by atoms with E-state index < -0.39 is 0 Å². The Morgan fingerprint density at radius 2 is 1.89 bits per heavy atom. The molecule has 1 aliphatic carbocycles. The first-order valence-corrected chi connectivity index (χ1v) is 11.9. The van der Waals surface area contributed by atoms with Crippen molar-refractivity contribution in [2.75, 3.05) is 11.9 Å². The lowest BCUT2D eigenvalue weighted by Gasteiger charge is -2.24. The highest BCUT2D eigenvalue weighted by atomic mass is 16.5. The van der Waals surface area contributed by atoms with Crippen molar-refractivity contribution in [1.29, 1.82) is 0 Å². The number of aliphatic imine (C=N–C) groups is 1. The predicted octanol–water partition coefficient (Wildman–Crippen LogP) is 4.30. The minimum atomic E-state index is -0.195. The van der Waals surface area contributed by atoms with Crippen LogP contribution in [-0.2, 0) is 28.9 Å². The van der Waals surface area contributed by atoms with E-state index in [4.69, 9.17) is 10.5 Å². The van der Waals surface area contributed by atoms with E-state index in [1.54, 1.807) is 30.5 Å². The van der Waals surface area contributed by atoms with E-state index in [1.807, 2.05) is 37.3 Å². The van der Waals surface area contributed by atoms with Crippen LogP contribution in [0.4, 0.5) is 5.69 Å². The minimum absolute atomic E-state index is 0.142. The van der Waals surface area contributed by atoms with Gasteiger partial charge in [0.15, 0.2) is 0 Å². The number of ether oxygens (including phenoxy) is 1. The van der Waals surface area contributed by atoms with Gasteiger partial charge in [0.1, 0.15) is 5.84 Å². The van der Waals surface area contributed by atoms with Crippen LogP contribution in [0.15, 0.2) is 71.9 Å². The zero-order valence-corrected chi connectivity index (χ0v) is 19.9. The van der Waals surface area contributed by atoms with Crippen LogP contribution in [0.1, 0.15) is 52.5 Å². The molecule has 0 saturated heterocycles. The molecule has 1 amide bonds. The van der Waals surface area contributed by atoms with Gasteiger partial charge in [0, 0.05) is 29.4 Å². The molecule has 0 fully saturated rings. The Morgan fingerprint density at radius 3 is 2.63 bits per heavy atom. The Hall–Kier alpha value is -4.00. The van der Waals surface area contributed by atoms with Gasteiger partial charge >= 0.3 is 5.97 Å². The van der Waals surface area contributed by atoms with E-state index in [1.165, 1.54) is 11.1 Å². The second kappa shape index (κ2) is 11.4. The van der Waals surface area contributed by atoms with E-state index in [0.29, 0.717) is 31.0 Å². The molecule has 2 aromatic carbocycles. The predicted molar refractivity (Wildman–Crippen MR) is 136 cm³/mol. The molecule has 0 saturated carbocycles. The molecule has 4 rings (SSSR count). The molecule has 1 unspecified atom stereocenters. The first-order chi connectivity index (χ1) is 17.0. The number of hydrogen-bond donors (Lipinski definition) is 2. The fraction of sp³-hybridized carbons (Fsp3) is 0.286. The molecule has 180 valence electrons. The second-order valence-corrected chi connectivity index (χ2v) is 8.66. The van der Waals surface area contributed by atoms with Gasteiger partial charge in [0.2, 0.25) is 0 Å². The van der Waals surface area contributed by atoms with E-state index in [-0.39, 0.29) is 17.8 Å². The van der Waals surface area contributed by atoms with Gasteiger partial charge in [0.05, 0.1) is 18.8 Å². The van der Waals surface area contributed by atoms with Crippen molar-refractivity contribution in [3.8, 4) is 0 Å². The summed E-state index contributed by atoms with van der Waals surface area (Å²) in [4.78, 5) is 33.3. The summed E-state index contributed by atoms with van der Waals surface area (Å²) in [5, 5.41) is 2.98. The van der Waals surface area contributed by atoms with Gasteiger partial charge in [-0.25, -0.2) is 0 Å². The van der Waals surface area contributed by atoms with Crippen LogP contribution in [0.25, 0.3) is 0 Å². The Labute approximate surface area is 205 Å². The molecule has 1 aliphatic rings. The number of fused-ring (bicyclic) bond motifs is 1. The van der Waals surface area contributed by atoms with Gasteiger partial charge in [0.25, 0.3) is 5.91 Å². The number of aromatic nitrogens is 1. The molecule has 3 aromatic rings. The Bertz CT molecular complexity index is 1210. The average Bonchev–Trinajstić information content (AvgIpc) is 2.88. The molecule has 35 heavy (non-hydrogen) atoms. The van der Waals surface area contributed by atoms with Crippen LogP contribution in [-0.4, -0.2) is 29.3 Å². The average molecular weight is 471 g/mol. The van der Waals surface area contributed by atoms with Crippen LogP contribution in [0.3, 0.4) is 0 Å². The van der Waals surface area contributed by atoms with E-state index in [2.05, 4.69) is 21.4 Å². The third-order valence-corrected chi connectivity index (χ3v) is 6.14. The summed E-state index contributed by atoms with van der Waals surface area (Å²) >= 11 is 0. The number of anilines is 1. The molecule has 3 N–H and O–H groups in total. The van der Waals surface area contributed by atoms with Crippen molar-refractivity contribution in [2.24, 2.45) is 16.6 Å². The third kappa shape index (κ3) is 6.53. The fourth-order valence-electron chi connectivity index (χ4n) is 4.28. The maximum atomic E-state index is 12.8. The summed E-state index contributed by atoms with van der Waals surface area (Å²) in [6.45, 7) is 2.63. The van der Waals surface area contributed by atoms with Crippen LogP contribution >= 0.6 is 0 Å². The zero-order valence-electron chi connectivity index (χ0n) is 19.9. The summed E-state index contributed by atoms with van der Waals surface area (Å²) in [6.07, 6.45) is 4.86. The number of esters is 1. The first kappa shape index (κ1) is 24.1. The number of hydrogen-bond acceptors (Lipinski definition) is 5. The maximum absolute atomic E-state index is 12.8. The number of carbonyl (C=O) groups excluding carboxylic acids is 2. The van der Waals surface area contributed by atoms with Crippen LogP contribution in [0.2, 0.25) is 0 Å². The first-order valence-electron chi connectivity index (χ1n) is 11.9. The monoisotopic (exact) mass is 470 g/mol. The summed E-state index contributed by atoms with van der Waals surface area (Å²) in [6, 6.07) is 18.7. The third-order valence-electron chi connectivity index (χ3n) is 6.14. The largest absolute Gasteiger partial charge is 0.466 e. The van der Waals surface area contributed by atoms with Crippen molar-refractivity contribution in [3.05, 3.63) is 94.8 Å². The number of pyridine rings is 1. The summed E-state index contributed by atoms with van der Waals surface area (Å²) in [7, 11) is 0. The molecule has 0 spiro atoms. The fourth-order valence-corrected chi connectivity index (χ4v) is 4.28. The number of amides is 1. The van der Waals surface area contributed by atoms with Crippen molar-refractivity contribution in [2.45, 2.75) is 39.2 Å². The molecule has 1 aromatic heterocycles. The van der Waals surface area contributed by atoms with E-state index >= 15 is 0 Å². The SMILES string of the molecule is CCOC(=O)CC1CCc2ccc(NC(=O)c3ccc(C(N)=NCc4ccccn4)cc3)cc2C1. The highest BCUT2D eigenvalue weighted by molar-refractivity contribution is 6.05. The molecule has 1 atom stereocenters. The van der Waals surface area contributed by atoms with Crippen LogP contribution in [0, 0.1) is 5.92 Å². The van der Waals surface area contributed by atoms with Gasteiger partial charge in [-0.15, -0.1) is 0 Å². The Morgan fingerprint density at radius 1 is 1.09 bits per heavy atom. The molecule has 0 aliphatic heterocycles. The smallest absolute Gasteiger partial charge is 0.306 e. The molecule has 1 heterocycles. The number of nitrogens with one attached hydrogen (secondary N) is 1. The lowest BCUT2D eigenvalue weighted by Crippen LogP contribution is -2.19. The van der Waals surface area contributed by atoms with Crippen molar-refractivity contribution in [3.63, 3.8) is 0 Å². The van der Waals surface area contributed by atoms with Crippen molar-refractivity contribution < 1.29 is 14.3 Å². The highest BCUT2D eigenvalue weighted by Gasteiger charge is 2.22. The molecular formula is C28H30N4O3. The number of nitrogens with two attached hydrogens (primary N) is 1. The Kier molecular flexibility index (Phi) is 7.88. The summed E-state index contributed by atoms with van der Waals surface area (Å²) in [5.41, 5.74) is 11.4. The lowest BCUT2D eigenvalue weighted by molar-refractivity contribution is -0.144. The van der Waals surface area contributed by atoms with Gasteiger partial charge in [-0.3, -0.25) is 19.6 Å². The number of aryl methyl sites for hydroxylation is 1. The van der Waals surface area contributed by atoms with Crippen molar-refractivity contribution in [1.82, 2.24) is 4.98 Å². The molecular weight excluding hydrogens is 440 g/mol. The second-order valence-electron chi connectivity index (χ2n) is 8.66. The number of rotatable bonds is 8. The minimum Gasteiger partial charge on any atom is -0.466 e. The summed E-state index contributed by atoms with van der Waals surface area (Å²) < 4.78 is 5.10. The number of amidine groups is 1. The van der Waals surface area contributed by atoms with Gasteiger partial charge in [-0.05, 0) is 79.6 Å². The quantitative estimate of drug-likeness (QED) is 0.290. The standard InChI is InChI=1S/C28H30N4O3/c1-2-35-26(33)16-19-6-7-20-12-13-24(17-23(20)15-19)32-28(34)22-10-8-21(9-11-22)27(29)31-18-25-5-3-4-14-30-25/h3-5,8-14,17,19H,2,6-7,15-16,18H2,1H3,(H2,29,31)(H,32,34). The molecule has 0 radical (unpaired) electrons. The zero-order chi connectivity index (χ0) is 24.6. The number of carbonyl (C=O) groups is 2. The molecule has 7 nitrogen and oxygen atoms in total. The van der Waals surface area contributed by atoms with Gasteiger partial charge < -0.3 is 15.8 Å². The summed E-state index contributed by atoms with van der Waals surface area (Å²) in [5.74, 6) is 0.329. The normalized spacial score (nSPS) is 15.2. The van der Waals surface area contributed by atoms with Crippen LogP contribution in [0.5, 0.6) is 0 Å². The number of nitrogens with zero attached hydrogens (tertiary/aromatic N) is 2. The maximum Gasteiger partial charge on any atom is 0.306 e.